The number of nitrogens with zero attached hydrogens (tertiary/aromatic N) is 2. The highest BCUT2D eigenvalue weighted by atomic mass is 32.2. The second-order valence-electron chi connectivity index (χ2n) is 3.51. The summed E-state index contributed by atoms with van der Waals surface area (Å²) in [7, 11) is 0. The van der Waals surface area contributed by atoms with Crippen molar-refractivity contribution in [3.05, 3.63) is 30.3 Å². The van der Waals surface area contributed by atoms with Gasteiger partial charge in [-0.1, -0.05) is 36.9 Å². The zero-order valence-corrected chi connectivity index (χ0v) is 9.29. The van der Waals surface area contributed by atoms with Crippen LogP contribution in [0.15, 0.2) is 35.4 Å². The molecule has 0 aliphatic carbocycles. The van der Waals surface area contributed by atoms with Crippen molar-refractivity contribution in [1.82, 2.24) is 0 Å². The van der Waals surface area contributed by atoms with Gasteiger partial charge in [0.1, 0.15) is 4.87 Å². The summed E-state index contributed by atoms with van der Waals surface area (Å²) in [6.07, 6.45) is 1.08. The molecule has 0 saturated carbocycles. The van der Waals surface area contributed by atoms with Gasteiger partial charge in [-0.2, -0.15) is 5.10 Å². The lowest BCUT2D eigenvalue weighted by atomic mass is 10.2. The summed E-state index contributed by atoms with van der Waals surface area (Å²) in [4.78, 5) is 0.0847. The van der Waals surface area contributed by atoms with Gasteiger partial charge in [0.25, 0.3) is 0 Å². The van der Waals surface area contributed by atoms with Crippen LogP contribution in [0.2, 0.25) is 0 Å². The van der Waals surface area contributed by atoms with Crippen molar-refractivity contribution in [1.29, 1.82) is 0 Å². The normalized spacial score (nSPS) is 25.7. The van der Waals surface area contributed by atoms with E-state index in [4.69, 9.17) is 0 Å². The Bertz CT molecular complexity index is 336. The number of anilines is 1. The maximum Gasteiger partial charge on any atom is 0.111 e. The molecule has 3 heteroatoms. The lowest BCUT2D eigenvalue weighted by Gasteiger charge is -2.32. The predicted molar refractivity (Wildman–Crippen MR) is 63.7 cm³/mol. The lowest BCUT2D eigenvalue weighted by Crippen LogP contribution is -2.36. The van der Waals surface area contributed by atoms with E-state index in [2.05, 4.69) is 36.1 Å². The molecular weight excluding hydrogens is 192 g/mol. The Morgan fingerprint density at radius 2 is 2.07 bits per heavy atom. The summed E-state index contributed by atoms with van der Waals surface area (Å²) in [6.45, 7) is 4.41. The van der Waals surface area contributed by atoms with Gasteiger partial charge in [0.05, 0.1) is 11.2 Å². The number of benzene rings is 1. The largest absolute Gasteiger partial charge is 0.249 e. The van der Waals surface area contributed by atoms with Crippen LogP contribution in [0.25, 0.3) is 0 Å². The average Bonchev–Trinajstić information content (AvgIpc) is 2.63. The highest BCUT2D eigenvalue weighted by Gasteiger charge is 2.34. The summed E-state index contributed by atoms with van der Waals surface area (Å²) in [5, 5.41) is 6.50. The fourth-order valence-corrected chi connectivity index (χ4v) is 2.29. The molecule has 1 aliphatic heterocycles. The van der Waals surface area contributed by atoms with Crippen LogP contribution in [0, 0.1) is 0 Å². The summed E-state index contributed by atoms with van der Waals surface area (Å²) >= 11 is 1.78. The van der Waals surface area contributed by atoms with Crippen molar-refractivity contribution in [2.45, 2.75) is 25.1 Å². The van der Waals surface area contributed by atoms with Gasteiger partial charge in [0.2, 0.25) is 0 Å². The third-order valence-corrected chi connectivity index (χ3v) is 3.74. The quantitative estimate of drug-likeness (QED) is 0.737. The molecule has 1 aliphatic rings. The van der Waals surface area contributed by atoms with Gasteiger partial charge in [0, 0.05) is 0 Å². The molecule has 0 amide bonds. The molecule has 1 unspecified atom stereocenters. The van der Waals surface area contributed by atoms with Crippen molar-refractivity contribution in [2.24, 2.45) is 5.10 Å². The first-order valence-electron chi connectivity index (χ1n) is 4.82. The molecule has 0 fully saturated rings. The summed E-state index contributed by atoms with van der Waals surface area (Å²) in [5.74, 6) is 0. The molecule has 0 radical (unpaired) electrons. The molecule has 1 heterocycles. The number of thioether (sulfide) groups is 1. The predicted octanol–water partition coefficient (Wildman–Crippen LogP) is 3.31. The van der Waals surface area contributed by atoms with Gasteiger partial charge in [-0.05, 0) is 25.5 Å². The number of hydrogen-bond acceptors (Lipinski definition) is 3. The van der Waals surface area contributed by atoms with Gasteiger partial charge in [0.15, 0.2) is 0 Å². The van der Waals surface area contributed by atoms with Crippen molar-refractivity contribution >= 4 is 23.0 Å². The Balaban J connectivity index is 2.31. The first-order valence-corrected chi connectivity index (χ1v) is 5.70. The molecule has 74 valence electrons. The van der Waals surface area contributed by atoms with Crippen LogP contribution in [0.5, 0.6) is 0 Å². The van der Waals surface area contributed by atoms with Crippen LogP contribution in [0.3, 0.4) is 0 Å². The second kappa shape index (κ2) is 3.65. The first kappa shape index (κ1) is 9.59. The molecule has 0 aromatic heterocycles. The molecule has 2 rings (SSSR count). The molecule has 2 nitrogen and oxygen atoms in total. The van der Waals surface area contributed by atoms with Crippen LogP contribution in [0.1, 0.15) is 20.3 Å². The SMILES string of the molecule is CCC1(C)SC=NN1c1ccccc1. The fraction of sp³-hybridized carbons (Fsp3) is 0.364. The van der Waals surface area contributed by atoms with Gasteiger partial charge in [-0.15, -0.1) is 0 Å². The Morgan fingerprint density at radius 3 is 2.71 bits per heavy atom. The van der Waals surface area contributed by atoms with Gasteiger partial charge in [-0.3, -0.25) is 0 Å². The second-order valence-corrected chi connectivity index (χ2v) is 4.84. The Kier molecular flexibility index (Phi) is 2.50. The Hall–Kier alpha value is -0.960. The van der Waals surface area contributed by atoms with E-state index in [-0.39, 0.29) is 4.87 Å². The Morgan fingerprint density at radius 1 is 1.36 bits per heavy atom. The van der Waals surface area contributed by atoms with Crippen molar-refractivity contribution < 1.29 is 0 Å². The molecule has 0 saturated heterocycles. The first-order chi connectivity index (χ1) is 6.76. The summed E-state index contributed by atoms with van der Waals surface area (Å²) in [6, 6.07) is 10.3. The minimum atomic E-state index is 0.0847. The molecule has 1 aromatic carbocycles. The fourth-order valence-electron chi connectivity index (χ4n) is 1.50. The van der Waals surface area contributed by atoms with Gasteiger partial charge >= 0.3 is 0 Å². The zero-order valence-electron chi connectivity index (χ0n) is 8.47. The Labute approximate surface area is 89.0 Å². The minimum Gasteiger partial charge on any atom is -0.249 e. The van der Waals surface area contributed by atoms with E-state index in [0.717, 1.165) is 12.1 Å². The van der Waals surface area contributed by atoms with E-state index in [9.17, 15) is 0 Å². The smallest absolute Gasteiger partial charge is 0.111 e. The average molecular weight is 206 g/mol. The zero-order chi connectivity index (χ0) is 10.0. The molecule has 1 aromatic rings. The van der Waals surface area contributed by atoms with E-state index in [1.807, 2.05) is 23.7 Å². The number of rotatable bonds is 2. The van der Waals surface area contributed by atoms with E-state index in [1.165, 1.54) is 0 Å². The van der Waals surface area contributed by atoms with E-state index in [1.54, 1.807) is 11.8 Å². The molecule has 1 atom stereocenters. The standard InChI is InChI=1S/C11H14N2S/c1-3-11(2)13(12-9-14-11)10-7-5-4-6-8-10/h4-9H,3H2,1-2H3. The number of hydrogen-bond donors (Lipinski definition) is 0. The maximum absolute atomic E-state index is 4.40. The van der Waals surface area contributed by atoms with E-state index in [0.29, 0.717) is 0 Å². The van der Waals surface area contributed by atoms with Crippen LogP contribution in [0.4, 0.5) is 5.69 Å². The van der Waals surface area contributed by atoms with Crippen molar-refractivity contribution in [3.63, 3.8) is 0 Å². The van der Waals surface area contributed by atoms with Gasteiger partial charge < -0.3 is 0 Å². The van der Waals surface area contributed by atoms with Crippen LogP contribution < -0.4 is 5.01 Å². The summed E-state index contributed by atoms with van der Waals surface area (Å²) in [5.41, 5.74) is 3.09. The topological polar surface area (TPSA) is 15.6 Å². The number of hydrazone groups is 1. The molecule has 0 spiro atoms. The third-order valence-electron chi connectivity index (χ3n) is 2.57. The molecule has 14 heavy (non-hydrogen) atoms. The molecule has 0 bridgehead atoms. The third kappa shape index (κ3) is 1.52. The van der Waals surface area contributed by atoms with Crippen molar-refractivity contribution in [2.75, 3.05) is 5.01 Å². The highest BCUT2D eigenvalue weighted by molar-refractivity contribution is 8.13. The number of para-hydroxylation sites is 1. The van der Waals surface area contributed by atoms with Crippen LogP contribution in [-0.2, 0) is 0 Å². The summed E-state index contributed by atoms with van der Waals surface area (Å²) < 4.78 is 0. The minimum absolute atomic E-state index is 0.0847. The van der Waals surface area contributed by atoms with Crippen LogP contribution in [-0.4, -0.2) is 10.4 Å². The van der Waals surface area contributed by atoms with Crippen LogP contribution >= 0.6 is 11.8 Å². The van der Waals surface area contributed by atoms with Crippen molar-refractivity contribution in [3.8, 4) is 0 Å². The highest BCUT2D eigenvalue weighted by Crippen LogP contribution is 2.39. The van der Waals surface area contributed by atoms with Gasteiger partial charge in [-0.25, -0.2) is 5.01 Å². The lowest BCUT2D eigenvalue weighted by molar-refractivity contribution is 0.594. The van der Waals surface area contributed by atoms with E-state index >= 15 is 0 Å². The van der Waals surface area contributed by atoms with E-state index < -0.39 is 0 Å². The molecular formula is C11H14N2S. The maximum atomic E-state index is 4.40. The monoisotopic (exact) mass is 206 g/mol. The molecule has 0 N–H and O–H groups in total.